The Morgan fingerprint density at radius 2 is 2.08 bits per heavy atom. The average molecular weight is 340 g/mol. The van der Waals surface area contributed by atoms with Crippen molar-refractivity contribution >= 4 is 11.3 Å². The summed E-state index contributed by atoms with van der Waals surface area (Å²) in [6.45, 7) is 4.69. The predicted octanol–water partition coefficient (Wildman–Crippen LogP) is 4.51. The van der Waals surface area contributed by atoms with Crippen LogP contribution in [0.2, 0.25) is 0 Å². The summed E-state index contributed by atoms with van der Waals surface area (Å²) >= 11 is 1.77. The number of fused-ring (bicyclic) bond motifs is 2. The van der Waals surface area contributed by atoms with Crippen molar-refractivity contribution in [2.75, 3.05) is 13.2 Å². The number of hydrogen-bond donors (Lipinski definition) is 1. The highest BCUT2D eigenvalue weighted by molar-refractivity contribution is 7.15. The van der Waals surface area contributed by atoms with Gasteiger partial charge in [-0.15, -0.1) is 11.3 Å². The highest BCUT2D eigenvalue weighted by Crippen LogP contribution is 2.43. The zero-order valence-electron chi connectivity index (χ0n) is 14.1. The Morgan fingerprint density at radius 3 is 2.79 bits per heavy atom. The molecule has 4 heteroatoms. The van der Waals surface area contributed by atoms with E-state index in [1.54, 1.807) is 11.3 Å². The summed E-state index contributed by atoms with van der Waals surface area (Å²) in [5.74, 6) is 3.42. The third-order valence-electron chi connectivity index (χ3n) is 5.10. The molecule has 126 valence electrons. The predicted molar refractivity (Wildman–Crippen MR) is 99.3 cm³/mol. The number of aromatic nitrogens is 1. The molecule has 3 unspecified atom stereocenters. The Morgan fingerprint density at radius 1 is 1.21 bits per heavy atom. The minimum absolute atomic E-state index is 0.702. The fourth-order valence-electron chi connectivity index (χ4n) is 3.90. The SMILES string of the molecule is CCOc1ccc(-c2cnc(CNCC3CC4C=CC3C4)s2)cc1. The average Bonchev–Trinajstić information content (AvgIpc) is 3.32. The van der Waals surface area contributed by atoms with Gasteiger partial charge in [-0.3, -0.25) is 0 Å². The fraction of sp³-hybridized carbons (Fsp3) is 0.450. The normalized spacial score (nSPS) is 24.6. The second-order valence-electron chi connectivity index (χ2n) is 6.75. The Hall–Kier alpha value is -1.65. The van der Waals surface area contributed by atoms with Gasteiger partial charge in [0.2, 0.25) is 0 Å². The summed E-state index contributed by atoms with van der Waals surface area (Å²) in [7, 11) is 0. The highest BCUT2D eigenvalue weighted by atomic mass is 32.1. The molecule has 0 amide bonds. The number of nitrogens with one attached hydrogen (secondary N) is 1. The van der Waals surface area contributed by atoms with Crippen molar-refractivity contribution in [1.82, 2.24) is 10.3 Å². The van der Waals surface area contributed by atoms with Gasteiger partial charge in [0.1, 0.15) is 10.8 Å². The molecule has 2 aliphatic rings. The molecule has 0 spiro atoms. The van der Waals surface area contributed by atoms with Gasteiger partial charge in [-0.05, 0) is 73.9 Å². The first kappa shape index (κ1) is 15.9. The Balaban J connectivity index is 1.30. The zero-order valence-corrected chi connectivity index (χ0v) is 14.9. The first-order valence-corrected chi connectivity index (χ1v) is 9.70. The second-order valence-corrected chi connectivity index (χ2v) is 7.86. The lowest BCUT2D eigenvalue weighted by Gasteiger charge is -2.18. The van der Waals surface area contributed by atoms with Crippen molar-refractivity contribution in [2.24, 2.45) is 17.8 Å². The maximum atomic E-state index is 5.50. The summed E-state index contributed by atoms with van der Waals surface area (Å²) in [4.78, 5) is 5.79. The lowest BCUT2D eigenvalue weighted by Crippen LogP contribution is -2.24. The highest BCUT2D eigenvalue weighted by Gasteiger charge is 2.34. The zero-order chi connectivity index (χ0) is 16.4. The molecule has 3 nitrogen and oxygen atoms in total. The fourth-order valence-corrected chi connectivity index (χ4v) is 4.79. The van der Waals surface area contributed by atoms with Crippen LogP contribution < -0.4 is 10.1 Å². The topological polar surface area (TPSA) is 34.1 Å². The number of nitrogens with zero attached hydrogens (tertiary/aromatic N) is 1. The van der Waals surface area contributed by atoms with Gasteiger partial charge in [0.05, 0.1) is 11.5 Å². The number of allylic oxidation sites excluding steroid dienone is 2. The summed E-state index contributed by atoms with van der Waals surface area (Å²) < 4.78 is 5.50. The van der Waals surface area contributed by atoms with Crippen LogP contribution in [0.4, 0.5) is 0 Å². The van der Waals surface area contributed by atoms with Crippen LogP contribution in [-0.2, 0) is 6.54 Å². The van der Waals surface area contributed by atoms with Crippen molar-refractivity contribution < 1.29 is 4.74 Å². The van der Waals surface area contributed by atoms with Gasteiger partial charge in [-0.25, -0.2) is 4.98 Å². The summed E-state index contributed by atoms with van der Waals surface area (Å²) in [5, 5.41) is 4.78. The molecule has 1 aromatic heterocycles. The molecule has 3 atom stereocenters. The van der Waals surface area contributed by atoms with E-state index in [0.29, 0.717) is 6.61 Å². The van der Waals surface area contributed by atoms with E-state index in [4.69, 9.17) is 4.74 Å². The smallest absolute Gasteiger partial charge is 0.119 e. The van der Waals surface area contributed by atoms with Gasteiger partial charge in [0, 0.05) is 12.7 Å². The summed E-state index contributed by atoms with van der Waals surface area (Å²) in [6.07, 6.45) is 9.56. The van der Waals surface area contributed by atoms with E-state index < -0.39 is 0 Å². The van der Waals surface area contributed by atoms with Gasteiger partial charge in [-0.1, -0.05) is 12.2 Å². The molecule has 4 rings (SSSR count). The van der Waals surface area contributed by atoms with E-state index in [1.807, 2.05) is 25.3 Å². The third-order valence-corrected chi connectivity index (χ3v) is 6.15. The van der Waals surface area contributed by atoms with Crippen molar-refractivity contribution in [3.8, 4) is 16.2 Å². The third kappa shape index (κ3) is 3.40. The quantitative estimate of drug-likeness (QED) is 0.753. The molecular formula is C20H24N2OS. The van der Waals surface area contributed by atoms with E-state index in [2.05, 4.69) is 34.6 Å². The van der Waals surface area contributed by atoms with E-state index in [1.165, 1.54) is 23.3 Å². The van der Waals surface area contributed by atoms with Crippen LogP contribution in [0, 0.1) is 17.8 Å². The number of thiazole rings is 1. The molecule has 1 N–H and O–H groups in total. The van der Waals surface area contributed by atoms with Crippen LogP contribution in [-0.4, -0.2) is 18.1 Å². The Bertz CT molecular complexity index is 707. The Labute approximate surface area is 147 Å². The molecular weight excluding hydrogens is 316 g/mol. The van der Waals surface area contributed by atoms with Crippen molar-refractivity contribution in [3.05, 3.63) is 47.6 Å². The van der Waals surface area contributed by atoms with E-state index in [0.717, 1.165) is 41.6 Å². The van der Waals surface area contributed by atoms with Crippen LogP contribution in [0.5, 0.6) is 5.75 Å². The van der Waals surface area contributed by atoms with Gasteiger partial charge < -0.3 is 10.1 Å². The van der Waals surface area contributed by atoms with E-state index in [-0.39, 0.29) is 0 Å². The van der Waals surface area contributed by atoms with Crippen LogP contribution in [0.25, 0.3) is 10.4 Å². The maximum Gasteiger partial charge on any atom is 0.119 e. The summed E-state index contributed by atoms with van der Waals surface area (Å²) in [5.41, 5.74) is 1.21. The number of rotatable bonds is 7. The second kappa shape index (κ2) is 7.08. The maximum absolute atomic E-state index is 5.50. The van der Waals surface area contributed by atoms with Crippen LogP contribution in [0.1, 0.15) is 24.8 Å². The molecule has 2 aliphatic carbocycles. The molecule has 0 saturated heterocycles. The van der Waals surface area contributed by atoms with Crippen molar-refractivity contribution in [2.45, 2.75) is 26.3 Å². The molecule has 1 fully saturated rings. The number of benzene rings is 1. The van der Waals surface area contributed by atoms with Gasteiger partial charge >= 0.3 is 0 Å². The standard InChI is InChI=1S/C20H24N2OS/c1-2-23-18-7-5-15(6-8-18)19-12-22-20(24-19)13-21-11-17-10-14-3-4-16(17)9-14/h3-8,12,14,16-17,21H,2,9-11,13H2,1H3. The number of ether oxygens (including phenoxy) is 1. The molecule has 2 aromatic rings. The molecule has 1 aromatic carbocycles. The van der Waals surface area contributed by atoms with Crippen LogP contribution in [0.15, 0.2) is 42.6 Å². The lowest BCUT2D eigenvalue weighted by atomic mass is 9.94. The minimum atomic E-state index is 0.702. The molecule has 1 heterocycles. The molecule has 24 heavy (non-hydrogen) atoms. The van der Waals surface area contributed by atoms with Crippen LogP contribution in [0.3, 0.4) is 0 Å². The van der Waals surface area contributed by atoms with E-state index in [9.17, 15) is 0 Å². The van der Waals surface area contributed by atoms with Crippen molar-refractivity contribution in [3.63, 3.8) is 0 Å². The summed E-state index contributed by atoms with van der Waals surface area (Å²) in [6, 6.07) is 8.27. The van der Waals surface area contributed by atoms with Crippen molar-refractivity contribution in [1.29, 1.82) is 0 Å². The van der Waals surface area contributed by atoms with E-state index >= 15 is 0 Å². The molecule has 1 saturated carbocycles. The van der Waals surface area contributed by atoms with Gasteiger partial charge in [0.15, 0.2) is 0 Å². The lowest BCUT2D eigenvalue weighted by molar-refractivity contribution is 0.340. The van der Waals surface area contributed by atoms with Crippen LogP contribution >= 0.6 is 11.3 Å². The molecule has 2 bridgehead atoms. The Kier molecular flexibility index (Phi) is 4.67. The number of hydrogen-bond acceptors (Lipinski definition) is 4. The molecule has 0 radical (unpaired) electrons. The monoisotopic (exact) mass is 340 g/mol. The van der Waals surface area contributed by atoms with Gasteiger partial charge in [0.25, 0.3) is 0 Å². The van der Waals surface area contributed by atoms with Gasteiger partial charge in [-0.2, -0.15) is 0 Å². The first-order chi connectivity index (χ1) is 11.8. The minimum Gasteiger partial charge on any atom is -0.494 e. The first-order valence-electron chi connectivity index (χ1n) is 8.89. The molecule has 0 aliphatic heterocycles. The largest absolute Gasteiger partial charge is 0.494 e.